The van der Waals surface area contributed by atoms with Gasteiger partial charge >= 0.3 is 0 Å². The Bertz CT molecular complexity index is 570. The van der Waals surface area contributed by atoms with E-state index in [0.29, 0.717) is 22.4 Å². The number of pyridine rings is 1. The van der Waals surface area contributed by atoms with Gasteiger partial charge in [-0.25, -0.2) is 4.98 Å². The van der Waals surface area contributed by atoms with Gasteiger partial charge in [0, 0.05) is 18.4 Å². The quantitative estimate of drug-likeness (QED) is 0.840. The molecule has 0 spiro atoms. The summed E-state index contributed by atoms with van der Waals surface area (Å²) in [4.78, 5) is 4.14. The first-order valence-corrected chi connectivity index (χ1v) is 6.22. The van der Waals surface area contributed by atoms with Crippen molar-refractivity contribution in [2.24, 2.45) is 0 Å². The molecule has 2 aromatic rings. The molecule has 1 heterocycles. The van der Waals surface area contributed by atoms with Crippen molar-refractivity contribution in [3.8, 4) is 0 Å². The average molecular weight is 282 g/mol. The van der Waals surface area contributed by atoms with Crippen molar-refractivity contribution in [2.45, 2.75) is 13.5 Å². The van der Waals surface area contributed by atoms with Gasteiger partial charge in [-0.15, -0.1) is 0 Å². The lowest BCUT2D eigenvalue weighted by molar-refractivity contribution is 1.09. The Morgan fingerprint density at radius 1 is 1.33 bits per heavy atom. The van der Waals surface area contributed by atoms with Crippen LogP contribution in [-0.4, -0.2) is 4.98 Å². The molecular weight excluding hydrogens is 269 g/mol. The minimum Gasteiger partial charge on any atom is -0.399 e. The van der Waals surface area contributed by atoms with E-state index in [-0.39, 0.29) is 0 Å². The van der Waals surface area contributed by atoms with E-state index < -0.39 is 0 Å². The summed E-state index contributed by atoms with van der Waals surface area (Å²) in [5.41, 5.74) is 8.81. The summed E-state index contributed by atoms with van der Waals surface area (Å²) in [5, 5.41) is 4.19. The normalized spacial score (nSPS) is 10.4. The zero-order chi connectivity index (χ0) is 13.1. The van der Waals surface area contributed by atoms with Crippen LogP contribution >= 0.6 is 23.2 Å². The van der Waals surface area contributed by atoms with Crippen molar-refractivity contribution >= 4 is 34.7 Å². The predicted molar refractivity (Wildman–Crippen MR) is 77.2 cm³/mol. The Balaban J connectivity index is 2.14. The molecule has 2 rings (SSSR count). The first-order chi connectivity index (χ1) is 8.58. The maximum absolute atomic E-state index is 6.03. The van der Waals surface area contributed by atoms with Crippen LogP contribution in [0.2, 0.25) is 10.0 Å². The van der Waals surface area contributed by atoms with Crippen molar-refractivity contribution in [1.29, 1.82) is 0 Å². The molecular formula is C13H13Cl2N3. The van der Waals surface area contributed by atoms with Crippen LogP contribution in [0.1, 0.15) is 11.1 Å². The maximum atomic E-state index is 6.03. The number of benzene rings is 1. The summed E-state index contributed by atoms with van der Waals surface area (Å²) in [7, 11) is 0. The van der Waals surface area contributed by atoms with Crippen LogP contribution in [0, 0.1) is 6.92 Å². The van der Waals surface area contributed by atoms with E-state index in [4.69, 9.17) is 28.9 Å². The van der Waals surface area contributed by atoms with Crippen LogP contribution in [0.3, 0.4) is 0 Å². The molecule has 1 aromatic heterocycles. The minimum absolute atomic E-state index is 0.504. The number of aromatic nitrogens is 1. The number of nitrogens with one attached hydrogen (secondary N) is 1. The molecule has 0 saturated heterocycles. The van der Waals surface area contributed by atoms with E-state index in [2.05, 4.69) is 10.3 Å². The lowest BCUT2D eigenvalue weighted by Gasteiger charge is -2.11. The van der Waals surface area contributed by atoms with E-state index in [1.807, 2.05) is 25.1 Å². The number of hydrogen-bond acceptors (Lipinski definition) is 3. The van der Waals surface area contributed by atoms with Gasteiger partial charge in [0.15, 0.2) is 0 Å². The summed E-state index contributed by atoms with van der Waals surface area (Å²) in [6, 6.07) is 7.48. The second kappa shape index (κ2) is 5.46. The predicted octanol–water partition coefficient (Wildman–Crippen LogP) is 3.89. The molecule has 1 aromatic carbocycles. The third-order valence-corrected chi connectivity index (χ3v) is 3.24. The van der Waals surface area contributed by atoms with Crippen LogP contribution in [-0.2, 0) is 6.54 Å². The molecule has 0 radical (unpaired) electrons. The SMILES string of the molecule is Cc1c(N)cccc1CNc1ncc(Cl)cc1Cl. The molecule has 94 valence electrons. The van der Waals surface area contributed by atoms with Crippen molar-refractivity contribution in [3.63, 3.8) is 0 Å². The fourth-order valence-corrected chi connectivity index (χ4v) is 2.07. The maximum Gasteiger partial charge on any atom is 0.145 e. The highest BCUT2D eigenvalue weighted by molar-refractivity contribution is 6.35. The van der Waals surface area contributed by atoms with Crippen LogP contribution in [0.25, 0.3) is 0 Å². The highest BCUT2D eigenvalue weighted by Crippen LogP contribution is 2.24. The second-order valence-electron chi connectivity index (χ2n) is 3.97. The Labute approximate surface area is 116 Å². The summed E-state index contributed by atoms with van der Waals surface area (Å²) >= 11 is 11.8. The number of nitrogens with zero attached hydrogens (tertiary/aromatic N) is 1. The van der Waals surface area contributed by atoms with E-state index in [1.54, 1.807) is 12.3 Å². The Morgan fingerprint density at radius 2 is 2.11 bits per heavy atom. The molecule has 3 N–H and O–H groups in total. The number of halogens is 2. The third kappa shape index (κ3) is 2.86. The van der Waals surface area contributed by atoms with E-state index in [0.717, 1.165) is 16.8 Å². The van der Waals surface area contributed by atoms with Gasteiger partial charge in [-0.2, -0.15) is 0 Å². The molecule has 5 heteroatoms. The number of hydrogen-bond donors (Lipinski definition) is 2. The molecule has 0 bridgehead atoms. The molecule has 3 nitrogen and oxygen atoms in total. The Kier molecular flexibility index (Phi) is 3.94. The van der Waals surface area contributed by atoms with Gasteiger partial charge in [0.1, 0.15) is 5.82 Å². The summed E-state index contributed by atoms with van der Waals surface area (Å²) in [6.45, 7) is 2.61. The van der Waals surface area contributed by atoms with Crippen molar-refractivity contribution in [2.75, 3.05) is 11.1 Å². The lowest BCUT2D eigenvalue weighted by atomic mass is 10.1. The van der Waals surface area contributed by atoms with Gasteiger partial charge in [-0.3, -0.25) is 0 Å². The molecule has 0 atom stereocenters. The number of anilines is 2. The summed E-state index contributed by atoms with van der Waals surface area (Å²) in [6.07, 6.45) is 1.56. The average Bonchev–Trinajstić information content (AvgIpc) is 2.33. The van der Waals surface area contributed by atoms with Crippen LogP contribution < -0.4 is 11.1 Å². The fraction of sp³-hybridized carbons (Fsp3) is 0.154. The van der Waals surface area contributed by atoms with Crippen LogP contribution in [0.15, 0.2) is 30.5 Å². The first kappa shape index (κ1) is 13.0. The van der Waals surface area contributed by atoms with Gasteiger partial charge in [-0.1, -0.05) is 35.3 Å². The van der Waals surface area contributed by atoms with E-state index in [1.165, 1.54) is 0 Å². The van der Waals surface area contributed by atoms with Crippen molar-refractivity contribution in [3.05, 3.63) is 51.6 Å². The van der Waals surface area contributed by atoms with Gasteiger partial charge in [0.25, 0.3) is 0 Å². The zero-order valence-corrected chi connectivity index (χ0v) is 11.4. The Morgan fingerprint density at radius 3 is 2.83 bits per heavy atom. The fourth-order valence-electron chi connectivity index (χ4n) is 1.62. The second-order valence-corrected chi connectivity index (χ2v) is 4.81. The number of rotatable bonds is 3. The Hall–Kier alpha value is -1.45. The molecule has 0 aliphatic rings. The highest BCUT2D eigenvalue weighted by atomic mass is 35.5. The number of nitrogens with two attached hydrogens (primary N) is 1. The molecule has 0 fully saturated rings. The molecule has 18 heavy (non-hydrogen) atoms. The summed E-state index contributed by atoms with van der Waals surface area (Å²) in [5.74, 6) is 0.614. The third-order valence-electron chi connectivity index (χ3n) is 2.74. The standard InChI is InChI=1S/C13H13Cl2N3/c1-8-9(3-2-4-12(8)16)6-17-13-11(15)5-10(14)7-18-13/h2-5,7H,6,16H2,1H3,(H,17,18). The smallest absolute Gasteiger partial charge is 0.145 e. The van der Waals surface area contributed by atoms with E-state index in [9.17, 15) is 0 Å². The first-order valence-electron chi connectivity index (χ1n) is 5.47. The molecule has 0 aliphatic carbocycles. The number of nitrogen functional groups attached to an aromatic ring is 1. The largest absolute Gasteiger partial charge is 0.399 e. The summed E-state index contributed by atoms with van der Waals surface area (Å²) < 4.78 is 0. The highest BCUT2D eigenvalue weighted by Gasteiger charge is 2.05. The molecule has 0 aliphatic heterocycles. The molecule has 0 amide bonds. The van der Waals surface area contributed by atoms with Gasteiger partial charge in [0.2, 0.25) is 0 Å². The van der Waals surface area contributed by atoms with Gasteiger partial charge in [-0.05, 0) is 30.2 Å². The van der Waals surface area contributed by atoms with Crippen LogP contribution in [0.5, 0.6) is 0 Å². The molecule has 0 unspecified atom stereocenters. The van der Waals surface area contributed by atoms with Gasteiger partial charge in [0.05, 0.1) is 10.0 Å². The van der Waals surface area contributed by atoms with E-state index >= 15 is 0 Å². The topological polar surface area (TPSA) is 50.9 Å². The zero-order valence-electron chi connectivity index (χ0n) is 9.87. The lowest BCUT2D eigenvalue weighted by Crippen LogP contribution is -2.04. The van der Waals surface area contributed by atoms with Gasteiger partial charge < -0.3 is 11.1 Å². The van der Waals surface area contributed by atoms with Crippen LogP contribution in [0.4, 0.5) is 11.5 Å². The minimum atomic E-state index is 0.504. The van der Waals surface area contributed by atoms with Crippen molar-refractivity contribution in [1.82, 2.24) is 4.98 Å². The molecule has 0 saturated carbocycles. The monoisotopic (exact) mass is 281 g/mol. The van der Waals surface area contributed by atoms with Crippen molar-refractivity contribution < 1.29 is 0 Å².